The zero-order valence-electron chi connectivity index (χ0n) is 13.4. The van der Waals surface area contributed by atoms with Crippen LogP contribution in [0, 0.1) is 5.92 Å². The number of carbonyl (C=O) groups is 1. The number of likely N-dealkylation sites (N-methyl/N-ethyl adjacent to an activating group) is 1. The molecule has 0 aliphatic heterocycles. The largest absolute Gasteiger partial charge is 0.348 e. The van der Waals surface area contributed by atoms with Crippen molar-refractivity contribution in [2.75, 3.05) is 6.54 Å². The van der Waals surface area contributed by atoms with Crippen LogP contribution in [0.15, 0.2) is 30.3 Å². The van der Waals surface area contributed by atoms with E-state index in [2.05, 4.69) is 36.6 Å². The second-order valence-corrected chi connectivity index (χ2v) is 6.22. The molecule has 3 nitrogen and oxygen atoms in total. The van der Waals surface area contributed by atoms with Crippen molar-refractivity contribution in [3.63, 3.8) is 0 Å². The minimum Gasteiger partial charge on any atom is -0.348 e. The topological polar surface area (TPSA) is 41.1 Å². The van der Waals surface area contributed by atoms with E-state index in [0.717, 1.165) is 13.0 Å². The van der Waals surface area contributed by atoms with Crippen LogP contribution in [0.5, 0.6) is 0 Å². The van der Waals surface area contributed by atoms with Crippen LogP contribution in [-0.4, -0.2) is 18.0 Å². The Bertz CT molecular complexity index is 412. The van der Waals surface area contributed by atoms with Crippen LogP contribution in [0.1, 0.15) is 52.6 Å². The van der Waals surface area contributed by atoms with Crippen LogP contribution in [0.4, 0.5) is 0 Å². The molecule has 0 saturated heterocycles. The highest BCUT2D eigenvalue weighted by atomic mass is 16.2. The molecular formula is C17H28N2O. The molecule has 3 heteroatoms. The molecule has 112 valence electrons. The van der Waals surface area contributed by atoms with Crippen molar-refractivity contribution in [1.82, 2.24) is 10.6 Å². The van der Waals surface area contributed by atoms with E-state index in [1.54, 1.807) is 0 Å². The molecule has 0 radical (unpaired) electrons. The monoisotopic (exact) mass is 276 g/mol. The molecule has 0 aromatic heterocycles. The summed E-state index contributed by atoms with van der Waals surface area (Å²) in [4.78, 5) is 12.4. The Morgan fingerprint density at radius 2 is 1.80 bits per heavy atom. The summed E-state index contributed by atoms with van der Waals surface area (Å²) in [6.45, 7) is 11.0. The van der Waals surface area contributed by atoms with Gasteiger partial charge < -0.3 is 10.6 Å². The van der Waals surface area contributed by atoms with Gasteiger partial charge in [0.05, 0.1) is 11.6 Å². The molecule has 0 heterocycles. The zero-order valence-corrected chi connectivity index (χ0v) is 13.4. The first kappa shape index (κ1) is 16.7. The lowest BCUT2D eigenvalue weighted by molar-refractivity contribution is -0.127. The van der Waals surface area contributed by atoms with E-state index < -0.39 is 5.54 Å². The van der Waals surface area contributed by atoms with Crippen molar-refractivity contribution in [2.45, 2.75) is 52.6 Å². The van der Waals surface area contributed by atoms with E-state index in [1.807, 2.05) is 39.0 Å². The first-order valence-electron chi connectivity index (χ1n) is 7.47. The maximum Gasteiger partial charge on any atom is 0.240 e. The van der Waals surface area contributed by atoms with Gasteiger partial charge in [0.25, 0.3) is 0 Å². The lowest BCUT2D eigenvalue weighted by Crippen LogP contribution is -2.53. The molecule has 0 saturated carbocycles. The third-order valence-electron chi connectivity index (χ3n) is 3.40. The van der Waals surface area contributed by atoms with Crippen LogP contribution < -0.4 is 10.6 Å². The molecule has 0 aliphatic rings. The second-order valence-electron chi connectivity index (χ2n) is 6.22. The molecular weight excluding hydrogens is 248 g/mol. The first-order valence-corrected chi connectivity index (χ1v) is 7.47. The minimum absolute atomic E-state index is 0.0499. The van der Waals surface area contributed by atoms with Crippen molar-refractivity contribution in [2.24, 2.45) is 5.92 Å². The molecule has 0 spiro atoms. The Kier molecular flexibility index (Phi) is 6.21. The average Bonchev–Trinajstić information content (AvgIpc) is 2.38. The Morgan fingerprint density at radius 3 is 2.30 bits per heavy atom. The van der Waals surface area contributed by atoms with Gasteiger partial charge in [0.2, 0.25) is 5.91 Å². The molecule has 1 rings (SSSR count). The summed E-state index contributed by atoms with van der Waals surface area (Å²) in [7, 11) is 0. The first-order chi connectivity index (χ1) is 9.36. The quantitative estimate of drug-likeness (QED) is 0.802. The predicted molar refractivity (Wildman–Crippen MR) is 84.5 cm³/mol. The zero-order chi connectivity index (χ0) is 15.2. The van der Waals surface area contributed by atoms with E-state index in [4.69, 9.17) is 0 Å². The van der Waals surface area contributed by atoms with Gasteiger partial charge in [-0.1, -0.05) is 51.1 Å². The summed E-state index contributed by atoms with van der Waals surface area (Å²) < 4.78 is 0. The van der Waals surface area contributed by atoms with Crippen LogP contribution in [0.3, 0.4) is 0 Å². The molecule has 1 aromatic carbocycles. The van der Waals surface area contributed by atoms with Gasteiger partial charge in [-0.2, -0.15) is 0 Å². The third-order valence-corrected chi connectivity index (χ3v) is 3.40. The summed E-state index contributed by atoms with van der Waals surface area (Å²) in [5.41, 5.74) is 0.625. The van der Waals surface area contributed by atoms with Crippen molar-refractivity contribution in [3.05, 3.63) is 35.9 Å². The molecule has 20 heavy (non-hydrogen) atoms. The smallest absolute Gasteiger partial charge is 0.240 e. The van der Waals surface area contributed by atoms with Gasteiger partial charge >= 0.3 is 0 Å². The van der Waals surface area contributed by atoms with Crippen LogP contribution in [-0.2, 0) is 4.79 Å². The maximum absolute atomic E-state index is 12.4. The second kappa shape index (κ2) is 7.44. The minimum atomic E-state index is -0.543. The third kappa shape index (κ3) is 4.97. The lowest BCUT2D eigenvalue weighted by Gasteiger charge is -2.29. The number of rotatable bonds is 7. The van der Waals surface area contributed by atoms with E-state index >= 15 is 0 Å². The van der Waals surface area contributed by atoms with Gasteiger partial charge in [-0.3, -0.25) is 4.79 Å². The summed E-state index contributed by atoms with van der Waals surface area (Å²) >= 11 is 0. The highest BCUT2D eigenvalue weighted by molar-refractivity contribution is 5.85. The number of hydrogen-bond acceptors (Lipinski definition) is 2. The fourth-order valence-corrected chi connectivity index (χ4v) is 2.30. The fraction of sp³-hybridized carbons (Fsp3) is 0.588. The molecule has 0 aliphatic carbocycles. The van der Waals surface area contributed by atoms with Crippen molar-refractivity contribution in [3.8, 4) is 0 Å². The van der Waals surface area contributed by atoms with Gasteiger partial charge in [-0.25, -0.2) is 0 Å². The SMILES string of the molecule is CCNC(C)(C)C(=O)NC(CC(C)C)c1ccccc1. The lowest BCUT2D eigenvalue weighted by atomic mass is 9.95. The fourth-order valence-electron chi connectivity index (χ4n) is 2.30. The predicted octanol–water partition coefficient (Wildman–Crippen LogP) is 3.28. The Morgan fingerprint density at radius 1 is 1.20 bits per heavy atom. The van der Waals surface area contributed by atoms with E-state index in [1.165, 1.54) is 5.56 Å². The number of nitrogens with one attached hydrogen (secondary N) is 2. The highest BCUT2D eigenvalue weighted by Gasteiger charge is 2.28. The Balaban J connectivity index is 2.83. The average molecular weight is 276 g/mol. The van der Waals surface area contributed by atoms with Gasteiger partial charge in [-0.05, 0) is 38.3 Å². The normalized spacial score (nSPS) is 13.3. The maximum atomic E-state index is 12.4. The number of benzene rings is 1. The van der Waals surface area contributed by atoms with Crippen molar-refractivity contribution >= 4 is 5.91 Å². The van der Waals surface area contributed by atoms with Crippen LogP contribution in [0.2, 0.25) is 0 Å². The highest BCUT2D eigenvalue weighted by Crippen LogP contribution is 2.22. The van der Waals surface area contributed by atoms with Gasteiger partial charge in [-0.15, -0.1) is 0 Å². The molecule has 2 N–H and O–H groups in total. The summed E-state index contributed by atoms with van der Waals surface area (Å²) in [5.74, 6) is 0.580. The van der Waals surface area contributed by atoms with E-state index in [-0.39, 0.29) is 11.9 Å². The molecule has 1 aromatic rings. The Labute approximate surface area is 123 Å². The van der Waals surface area contributed by atoms with Crippen molar-refractivity contribution < 1.29 is 4.79 Å². The molecule has 0 bridgehead atoms. The van der Waals surface area contributed by atoms with E-state index in [0.29, 0.717) is 5.92 Å². The number of hydrogen-bond donors (Lipinski definition) is 2. The molecule has 1 unspecified atom stereocenters. The molecule has 0 fully saturated rings. The van der Waals surface area contributed by atoms with Gasteiger partial charge in [0.15, 0.2) is 0 Å². The Hall–Kier alpha value is -1.35. The van der Waals surface area contributed by atoms with Gasteiger partial charge in [0.1, 0.15) is 0 Å². The number of amides is 1. The summed E-state index contributed by atoms with van der Waals surface area (Å²) in [6.07, 6.45) is 0.942. The number of carbonyl (C=O) groups excluding carboxylic acids is 1. The molecule has 1 atom stereocenters. The van der Waals surface area contributed by atoms with E-state index in [9.17, 15) is 4.79 Å². The molecule has 1 amide bonds. The summed E-state index contributed by atoms with van der Waals surface area (Å²) in [5, 5.41) is 6.41. The van der Waals surface area contributed by atoms with Crippen LogP contribution in [0.25, 0.3) is 0 Å². The standard InChI is InChI=1S/C17H28N2O/c1-6-18-17(4,5)16(20)19-15(12-13(2)3)14-10-8-7-9-11-14/h7-11,13,15,18H,6,12H2,1-5H3,(H,19,20). The summed E-state index contributed by atoms with van der Waals surface area (Å²) in [6, 6.07) is 10.3. The van der Waals surface area contributed by atoms with Crippen molar-refractivity contribution in [1.29, 1.82) is 0 Å². The van der Waals surface area contributed by atoms with Crippen LogP contribution >= 0.6 is 0 Å². The van der Waals surface area contributed by atoms with Gasteiger partial charge in [0, 0.05) is 0 Å².